The largest absolute Gasteiger partial charge is 0.295 e. The van der Waals surface area contributed by atoms with Crippen LogP contribution in [0.25, 0.3) is 11.1 Å². The van der Waals surface area contributed by atoms with E-state index in [0.29, 0.717) is 24.6 Å². The van der Waals surface area contributed by atoms with Crippen molar-refractivity contribution in [1.29, 1.82) is 0 Å². The summed E-state index contributed by atoms with van der Waals surface area (Å²) in [6.45, 7) is 2.54. The quantitative estimate of drug-likeness (QED) is 0.502. The standard InChI is InChI=1S/C26H27NO3S/c1-20(28)23-11-13-26(14-12-23)31(29,30)27-17-15-22(16-18-27)19-21-7-9-25(10-8-21)24-5-3-2-4-6-24/h2-14,22H,15-19H2,1H3. The molecule has 3 aromatic carbocycles. The lowest BCUT2D eigenvalue weighted by Gasteiger charge is -2.31. The molecule has 0 aromatic heterocycles. The highest BCUT2D eigenvalue weighted by Gasteiger charge is 2.29. The van der Waals surface area contributed by atoms with Crippen molar-refractivity contribution in [3.8, 4) is 11.1 Å². The molecule has 0 radical (unpaired) electrons. The molecule has 160 valence electrons. The van der Waals surface area contributed by atoms with Crippen LogP contribution >= 0.6 is 0 Å². The number of benzene rings is 3. The van der Waals surface area contributed by atoms with Gasteiger partial charge in [0.1, 0.15) is 0 Å². The van der Waals surface area contributed by atoms with E-state index < -0.39 is 10.0 Å². The number of nitrogens with zero attached hydrogens (tertiary/aromatic N) is 1. The zero-order valence-electron chi connectivity index (χ0n) is 17.7. The van der Waals surface area contributed by atoms with Crippen molar-refractivity contribution in [3.63, 3.8) is 0 Å². The molecule has 5 heteroatoms. The maximum atomic E-state index is 12.9. The van der Waals surface area contributed by atoms with E-state index >= 15 is 0 Å². The molecule has 1 saturated heterocycles. The Hall–Kier alpha value is -2.76. The fraction of sp³-hybridized carbons (Fsp3) is 0.269. The molecule has 0 bridgehead atoms. The second-order valence-electron chi connectivity index (χ2n) is 8.20. The van der Waals surface area contributed by atoms with Crippen LogP contribution in [0.1, 0.15) is 35.7 Å². The Kier molecular flexibility index (Phi) is 6.35. The van der Waals surface area contributed by atoms with Crippen molar-refractivity contribution < 1.29 is 13.2 Å². The van der Waals surface area contributed by atoms with Gasteiger partial charge in [-0.05, 0) is 60.9 Å². The minimum atomic E-state index is -3.52. The molecule has 0 saturated carbocycles. The van der Waals surface area contributed by atoms with Gasteiger partial charge in [0.05, 0.1) is 4.90 Å². The normalized spacial score (nSPS) is 15.6. The molecule has 0 amide bonds. The van der Waals surface area contributed by atoms with Gasteiger partial charge in [-0.3, -0.25) is 4.79 Å². The third-order valence-electron chi connectivity index (χ3n) is 6.06. The van der Waals surface area contributed by atoms with E-state index in [1.807, 2.05) is 18.2 Å². The average molecular weight is 434 g/mol. The Labute approximate surface area is 184 Å². The Balaban J connectivity index is 1.35. The van der Waals surface area contributed by atoms with Crippen molar-refractivity contribution in [1.82, 2.24) is 4.31 Å². The molecule has 0 unspecified atom stereocenters. The van der Waals surface area contributed by atoms with E-state index in [0.717, 1.165) is 19.3 Å². The molecule has 0 atom stereocenters. The molecule has 0 N–H and O–H groups in total. The van der Waals surface area contributed by atoms with Gasteiger partial charge in [-0.15, -0.1) is 0 Å². The van der Waals surface area contributed by atoms with Crippen LogP contribution in [0.4, 0.5) is 0 Å². The highest BCUT2D eigenvalue weighted by atomic mass is 32.2. The number of hydrogen-bond acceptors (Lipinski definition) is 3. The molecule has 4 rings (SSSR count). The highest BCUT2D eigenvalue weighted by molar-refractivity contribution is 7.89. The minimum Gasteiger partial charge on any atom is -0.295 e. The maximum absolute atomic E-state index is 12.9. The van der Waals surface area contributed by atoms with Gasteiger partial charge < -0.3 is 0 Å². The van der Waals surface area contributed by atoms with E-state index in [4.69, 9.17) is 0 Å². The van der Waals surface area contributed by atoms with Crippen LogP contribution in [0.5, 0.6) is 0 Å². The van der Waals surface area contributed by atoms with Gasteiger partial charge in [0.2, 0.25) is 10.0 Å². The van der Waals surface area contributed by atoms with E-state index in [9.17, 15) is 13.2 Å². The van der Waals surface area contributed by atoms with E-state index in [1.165, 1.54) is 35.7 Å². The molecule has 3 aromatic rings. The molecule has 0 aliphatic carbocycles. The van der Waals surface area contributed by atoms with Gasteiger partial charge in [0, 0.05) is 18.7 Å². The van der Waals surface area contributed by atoms with Gasteiger partial charge >= 0.3 is 0 Å². The van der Waals surface area contributed by atoms with Crippen molar-refractivity contribution in [2.45, 2.75) is 31.1 Å². The summed E-state index contributed by atoms with van der Waals surface area (Å²) >= 11 is 0. The molecule has 0 spiro atoms. The van der Waals surface area contributed by atoms with Crippen LogP contribution in [0.3, 0.4) is 0 Å². The first-order valence-electron chi connectivity index (χ1n) is 10.7. The zero-order valence-corrected chi connectivity index (χ0v) is 18.5. The van der Waals surface area contributed by atoms with Gasteiger partial charge in [-0.2, -0.15) is 4.31 Å². The Bertz CT molecular complexity index is 1130. The van der Waals surface area contributed by atoms with Crippen LogP contribution in [-0.2, 0) is 16.4 Å². The second-order valence-corrected chi connectivity index (χ2v) is 10.1. The van der Waals surface area contributed by atoms with E-state index in [1.54, 1.807) is 16.4 Å². The van der Waals surface area contributed by atoms with Gasteiger partial charge in [0.25, 0.3) is 0 Å². The Morgan fingerprint density at radius 3 is 2.00 bits per heavy atom. The van der Waals surface area contributed by atoms with E-state index in [2.05, 4.69) is 36.4 Å². The van der Waals surface area contributed by atoms with Gasteiger partial charge in [-0.25, -0.2) is 8.42 Å². The van der Waals surface area contributed by atoms with Crippen molar-refractivity contribution in [3.05, 3.63) is 90.0 Å². The summed E-state index contributed by atoms with van der Waals surface area (Å²) in [6, 6.07) is 25.3. The summed E-state index contributed by atoms with van der Waals surface area (Å²) in [4.78, 5) is 11.7. The highest BCUT2D eigenvalue weighted by Crippen LogP contribution is 2.27. The predicted octanol–water partition coefficient (Wildman–Crippen LogP) is 5.20. The van der Waals surface area contributed by atoms with Crippen LogP contribution in [0.2, 0.25) is 0 Å². The molecule has 4 nitrogen and oxygen atoms in total. The number of Topliss-reactive ketones (excluding diaryl/α,β-unsaturated/α-hetero) is 1. The third-order valence-corrected chi connectivity index (χ3v) is 7.97. The van der Waals surface area contributed by atoms with Crippen molar-refractivity contribution in [2.75, 3.05) is 13.1 Å². The predicted molar refractivity (Wildman–Crippen MR) is 124 cm³/mol. The number of rotatable bonds is 6. The molecule has 1 aliphatic rings. The topological polar surface area (TPSA) is 54.5 Å². The zero-order chi connectivity index (χ0) is 21.8. The molecule has 1 heterocycles. The molecule has 1 fully saturated rings. The third kappa shape index (κ3) is 4.94. The average Bonchev–Trinajstić information content (AvgIpc) is 2.80. The molecule has 1 aliphatic heterocycles. The lowest BCUT2D eigenvalue weighted by Crippen LogP contribution is -2.38. The number of carbonyl (C=O) groups is 1. The summed E-state index contributed by atoms with van der Waals surface area (Å²) < 4.78 is 27.5. The van der Waals surface area contributed by atoms with Crippen LogP contribution < -0.4 is 0 Å². The number of hydrogen-bond donors (Lipinski definition) is 0. The van der Waals surface area contributed by atoms with E-state index in [-0.39, 0.29) is 10.7 Å². The minimum absolute atomic E-state index is 0.0680. The number of ketones is 1. The van der Waals surface area contributed by atoms with Crippen molar-refractivity contribution >= 4 is 15.8 Å². The lowest BCUT2D eigenvalue weighted by molar-refractivity contribution is 0.101. The fourth-order valence-electron chi connectivity index (χ4n) is 4.16. The fourth-order valence-corrected chi connectivity index (χ4v) is 5.63. The van der Waals surface area contributed by atoms with Gasteiger partial charge in [-0.1, -0.05) is 66.7 Å². The Morgan fingerprint density at radius 1 is 0.839 bits per heavy atom. The van der Waals surface area contributed by atoms with Gasteiger partial charge in [0.15, 0.2) is 5.78 Å². The second kappa shape index (κ2) is 9.16. The summed E-state index contributed by atoms with van der Waals surface area (Å²) in [5.74, 6) is 0.413. The lowest BCUT2D eigenvalue weighted by atomic mass is 9.90. The first-order valence-corrected chi connectivity index (χ1v) is 12.1. The number of sulfonamides is 1. The first kappa shape index (κ1) is 21.5. The first-order chi connectivity index (χ1) is 14.9. The summed E-state index contributed by atoms with van der Waals surface area (Å²) in [7, 11) is -3.52. The summed E-state index contributed by atoms with van der Waals surface area (Å²) in [5.41, 5.74) is 4.24. The van der Waals surface area contributed by atoms with Crippen LogP contribution in [0.15, 0.2) is 83.8 Å². The van der Waals surface area contributed by atoms with Crippen molar-refractivity contribution in [2.24, 2.45) is 5.92 Å². The molecular formula is C26H27NO3S. The maximum Gasteiger partial charge on any atom is 0.243 e. The monoisotopic (exact) mass is 433 g/mol. The SMILES string of the molecule is CC(=O)c1ccc(S(=O)(=O)N2CCC(Cc3ccc(-c4ccccc4)cc3)CC2)cc1. The number of carbonyl (C=O) groups excluding carboxylic acids is 1. The Morgan fingerprint density at radius 2 is 1.42 bits per heavy atom. The molecule has 31 heavy (non-hydrogen) atoms. The van der Waals surface area contributed by atoms with Crippen LogP contribution in [-0.4, -0.2) is 31.6 Å². The smallest absolute Gasteiger partial charge is 0.243 e. The number of piperidine rings is 1. The van der Waals surface area contributed by atoms with Crippen LogP contribution in [0, 0.1) is 5.92 Å². The summed E-state index contributed by atoms with van der Waals surface area (Å²) in [5, 5.41) is 0. The summed E-state index contributed by atoms with van der Waals surface area (Å²) in [6.07, 6.45) is 2.67. The molecular weight excluding hydrogens is 406 g/mol.